The number of nitrogens with two attached hydrogens (primary N) is 1. The first-order chi connectivity index (χ1) is 8.28. The third-order valence-electron chi connectivity index (χ3n) is 3.91. The van der Waals surface area contributed by atoms with E-state index in [1.165, 1.54) is 0 Å². The van der Waals surface area contributed by atoms with Crippen LogP contribution >= 0.6 is 0 Å². The summed E-state index contributed by atoms with van der Waals surface area (Å²) in [7, 11) is 0. The number of hydrazine groups is 1. The maximum Gasteiger partial charge on any atom is 0.160 e. The molecule has 1 aliphatic heterocycles. The van der Waals surface area contributed by atoms with E-state index in [0.717, 1.165) is 31.7 Å². The van der Waals surface area contributed by atoms with E-state index in [4.69, 9.17) is 5.84 Å². The molecule has 1 saturated heterocycles. The van der Waals surface area contributed by atoms with Crippen LogP contribution in [0.4, 0.5) is 11.6 Å². The highest BCUT2D eigenvalue weighted by Crippen LogP contribution is 2.39. The number of nitrogens with one attached hydrogen (secondary N) is 1. The third-order valence-corrected chi connectivity index (χ3v) is 3.91. The van der Waals surface area contributed by atoms with Gasteiger partial charge in [0.2, 0.25) is 0 Å². The van der Waals surface area contributed by atoms with Gasteiger partial charge in [0.25, 0.3) is 0 Å². The van der Waals surface area contributed by atoms with Crippen LogP contribution in [0.25, 0.3) is 0 Å². The fourth-order valence-corrected chi connectivity index (χ4v) is 3.00. The minimum atomic E-state index is -0.145. The number of nitrogens with zero attached hydrogens (tertiary/aromatic N) is 3. The van der Waals surface area contributed by atoms with Crippen LogP contribution in [0, 0.1) is 11.8 Å². The van der Waals surface area contributed by atoms with Crippen molar-refractivity contribution >= 4 is 11.6 Å². The molecule has 92 valence electrons. The van der Waals surface area contributed by atoms with E-state index in [9.17, 15) is 5.11 Å². The monoisotopic (exact) mass is 235 g/mol. The molecule has 1 aliphatic carbocycles. The van der Waals surface area contributed by atoms with Crippen LogP contribution < -0.4 is 16.2 Å². The third kappa shape index (κ3) is 1.83. The molecule has 1 aromatic heterocycles. The van der Waals surface area contributed by atoms with E-state index in [0.29, 0.717) is 17.7 Å². The number of aliphatic hydroxyl groups is 1. The number of hydrogen-bond acceptors (Lipinski definition) is 6. The van der Waals surface area contributed by atoms with E-state index in [-0.39, 0.29) is 6.10 Å². The van der Waals surface area contributed by atoms with Gasteiger partial charge in [0.1, 0.15) is 5.82 Å². The SMILES string of the molecule is NNc1cncc(N2CC3CCC(O)C3C2)n1. The molecule has 2 fully saturated rings. The van der Waals surface area contributed by atoms with Gasteiger partial charge in [-0.05, 0) is 18.8 Å². The average molecular weight is 235 g/mol. The molecule has 1 saturated carbocycles. The lowest BCUT2D eigenvalue weighted by Gasteiger charge is -2.19. The highest BCUT2D eigenvalue weighted by atomic mass is 16.3. The summed E-state index contributed by atoms with van der Waals surface area (Å²) in [5, 5.41) is 9.87. The Morgan fingerprint density at radius 3 is 3.00 bits per heavy atom. The molecule has 0 bridgehead atoms. The van der Waals surface area contributed by atoms with Gasteiger partial charge in [-0.25, -0.2) is 10.8 Å². The summed E-state index contributed by atoms with van der Waals surface area (Å²) in [6, 6.07) is 0. The molecular formula is C11H17N5O. The van der Waals surface area contributed by atoms with Crippen molar-refractivity contribution in [2.75, 3.05) is 23.4 Å². The molecule has 6 nitrogen and oxygen atoms in total. The first kappa shape index (κ1) is 10.7. The zero-order valence-electron chi connectivity index (χ0n) is 9.58. The molecule has 6 heteroatoms. The topological polar surface area (TPSA) is 87.3 Å². The van der Waals surface area contributed by atoms with E-state index < -0.39 is 0 Å². The van der Waals surface area contributed by atoms with Gasteiger partial charge in [0.15, 0.2) is 5.82 Å². The summed E-state index contributed by atoms with van der Waals surface area (Å²) >= 11 is 0. The van der Waals surface area contributed by atoms with Gasteiger partial charge in [-0.2, -0.15) is 0 Å². The molecule has 3 rings (SSSR count). The zero-order chi connectivity index (χ0) is 11.8. The number of hydrogen-bond donors (Lipinski definition) is 3. The second-order valence-electron chi connectivity index (χ2n) is 4.88. The van der Waals surface area contributed by atoms with E-state index in [1.54, 1.807) is 12.4 Å². The predicted molar refractivity (Wildman–Crippen MR) is 64.3 cm³/mol. The van der Waals surface area contributed by atoms with E-state index in [1.807, 2.05) is 0 Å². The Hall–Kier alpha value is -1.40. The van der Waals surface area contributed by atoms with Crippen LogP contribution in [0.5, 0.6) is 0 Å². The fraction of sp³-hybridized carbons (Fsp3) is 0.636. The van der Waals surface area contributed by atoms with Crippen LogP contribution in [0.2, 0.25) is 0 Å². The molecule has 0 aromatic carbocycles. The molecule has 3 atom stereocenters. The number of rotatable bonds is 2. The normalized spacial score (nSPS) is 31.6. The van der Waals surface area contributed by atoms with Crippen molar-refractivity contribution in [2.45, 2.75) is 18.9 Å². The van der Waals surface area contributed by atoms with Crippen LogP contribution in [0.3, 0.4) is 0 Å². The average Bonchev–Trinajstić information content (AvgIpc) is 2.92. The lowest BCUT2D eigenvalue weighted by Crippen LogP contribution is -2.25. The van der Waals surface area contributed by atoms with Crippen molar-refractivity contribution < 1.29 is 5.11 Å². The maximum atomic E-state index is 9.87. The molecule has 0 spiro atoms. The predicted octanol–water partition coefficient (Wildman–Crippen LogP) is -0.0307. The van der Waals surface area contributed by atoms with Crippen molar-refractivity contribution in [3.63, 3.8) is 0 Å². The smallest absolute Gasteiger partial charge is 0.160 e. The zero-order valence-corrected chi connectivity index (χ0v) is 9.58. The Labute approximate surface area is 99.8 Å². The van der Waals surface area contributed by atoms with E-state index in [2.05, 4.69) is 20.3 Å². The molecule has 17 heavy (non-hydrogen) atoms. The van der Waals surface area contributed by atoms with Gasteiger partial charge in [0.05, 0.1) is 18.5 Å². The molecule has 4 N–H and O–H groups in total. The Balaban J connectivity index is 1.78. The van der Waals surface area contributed by atoms with Crippen molar-refractivity contribution in [3.05, 3.63) is 12.4 Å². The maximum absolute atomic E-state index is 9.87. The molecule has 1 aromatic rings. The standard InChI is InChI=1S/C11H17N5O/c12-15-10-3-13-4-11(14-10)16-5-7-1-2-9(17)8(7)6-16/h3-4,7-9,17H,1-2,5-6,12H2,(H,14,15). The summed E-state index contributed by atoms with van der Waals surface area (Å²) in [6.07, 6.45) is 5.25. The van der Waals surface area contributed by atoms with Crippen molar-refractivity contribution in [3.8, 4) is 0 Å². The molecule has 2 aliphatic rings. The second kappa shape index (κ2) is 4.12. The second-order valence-corrected chi connectivity index (χ2v) is 4.88. The van der Waals surface area contributed by atoms with Crippen LogP contribution in [-0.4, -0.2) is 34.3 Å². The summed E-state index contributed by atoms with van der Waals surface area (Å²) in [4.78, 5) is 10.7. The summed E-state index contributed by atoms with van der Waals surface area (Å²) in [6.45, 7) is 1.83. The first-order valence-corrected chi connectivity index (χ1v) is 5.99. The molecule has 0 amide bonds. The molecule has 2 heterocycles. The van der Waals surface area contributed by atoms with Gasteiger partial charge >= 0.3 is 0 Å². The molecular weight excluding hydrogens is 218 g/mol. The fourth-order valence-electron chi connectivity index (χ4n) is 3.00. The minimum absolute atomic E-state index is 0.145. The minimum Gasteiger partial charge on any atom is -0.393 e. The largest absolute Gasteiger partial charge is 0.393 e. The summed E-state index contributed by atoms with van der Waals surface area (Å²) < 4.78 is 0. The van der Waals surface area contributed by atoms with Crippen molar-refractivity contribution in [1.82, 2.24) is 9.97 Å². The Morgan fingerprint density at radius 2 is 2.24 bits per heavy atom. The number of fused-ring (bicyclic) bond motifs is 1. The first-order valence-electron chi connectivity index (χ1n) is 5.99. The lowest BCUT2D eigenvalue weighted by atomic mass is 10.00. The van der Waals surface area contributed by atoms with Crippen LogP contribution in [0.1, 0.15) is 12.8 Å². The van der Waals surface area contributed by atoms with Gasteiger partial charge in [-0.3, -0.25) is 4.98 Å². The number of anilines is 2. The van der Waals surface area contributed by atoms with Crippen LogP contribution in [-0.2, 0) is 0 Å². The van der Waals surface area contributed by atoms with Crippen molar-refractivity contribution in [2.24, 2.45) is 17.7 Å². The highest BCUT2D eigenvalue weighted by molar-refractivity contribution is 5.44. The van der Waals surface area contributed by atoms with Crippen molar-refractivity contribution in [1.29, 1.82) is 0 Å². The quantitative estimate of drug-likeness (QED) is 0.493. The van der Waals surface area contributed by atoms with E-state index >= 15 is 0 Å². The molecule has 3 unspecified atom stereocenters. The number of aromatic nitrogens is 2. The highest BCUT2D eigenvalue weighted by Gasteiger charge is 2.42. The molecule has 0 radical (unpaired) electrons. The lowest BCUT2D eigenvalue weighted by molar-refractivity contribution is 0.133. The van der Waals surface area contributed by atoms with Gasteiger partial charge in [0, 0.05) is 19.0 Å². The summed E-state index contributed by atoms with van der Waals surface area (Å²) in [5.41, 5.74) is 2.50. The number of nitrogen functional groups attached to an aromatic ring is 1. The van der Waals surface area contributed by atoms with Crippen LogP contribution in [0.15, 0.2) is 12.4 Å². The Bertz CT molecular complexity index is 413. The van der Waals surface area contributed by atoms with Gasteiger partial charge < -0.3 is 15.4 Å². The Kier molecular flexibility index (Phi) is 2.60. The number of aliphatic hydroxyl groups excluding tert-OH is 1. The summed E-state index contributed by atoms with van der Waals surface area (Å²) in [5.74, 6) is 7.72. The van der Waals surface area contributed by atoms with Gasteiger partial charge in [-0.15, -0.1) is 0 Å². The Morgan fingerprint density at radius 1 is 1.35 bits per heavy atom. The van der Waals surface area contributed by atoms with Gasteiger partial charge in [-0.1, -0.05) is 0 Å².